The fraction of sp³-hybridized carbons (Fsp3) is 0.833. The van der Waals surface area contributed by atoms with Gasteiger partial charge in [-0.15, -0.1) is 0 Å². The van der Waals surface area contributed by atoms with Crippen LogP contribution in [-0.4, -0.2) is 44.4 Å². The third-order valence-electron chi connectivity index (χ3n) is 13.2. The Morgan fingerprint density at radius 1 is 1.00 bits per heavy atom. The Hall–Kier alpha value is -0.420. The first-order valence-electron chi connectivity index (χ1n) is 16.8. The van der Waals surface area contributed by atoms with Crippen LogP contribution < -0.4 is 0 Å². The molecule has 4 aliphatic carbocycles. The first-order valence-corrected chi connectivity index (χ1v) is 17.6. The molecule has 5 fully saturated rings. The Kier molecular flexibility index (Phi) is 8.84. The molecule has 0 aromatic heterocycles. The van der Waals surface area contributed by atoms with Crippen LogP contribution in [0, 0.1) is 52.3 Å². The first-order chi connectivity index (χ1) is 19.2. The van der Waals surface area contributed by atoms with Gasteiger partial charge in [0.25, 0.3) is 0 Å². The Labute approximate surface area is 253 Å². The van der Waals surface area contributed by atoms with Crippen molar-refractivity contribution >= 4 is 15.9 Å². The molecule has 40 heavy (non-hydrogen) atoms. The molecule has 11 atom stereocenters. The largest absolute Gasteiger partial charge is 0.376 e. The number of halogens is 1. The van der Waals surface area contributed by atoms with E-state index in [0.717, 1.165) is 47.2 Å². The third-order valence-corrected chi connectivity index (χ3v) is 13.7. The molecule has 0 spiro atoms. The van der Waals surface area contributed by atoms with Crippen LogP contribution in [0.3, 0.4) is 0 Å². The molecule has 3 unspecified atom stereocenters. The number of ether oxygens (including phenoxy) is 2. The van der Waals surface area contributed by atoms with Crippen LogP contribution in [0.1, 0.15) is 97.0 Å². The molecule has 5 aliphatic rings. The quantitative estimate of drug-likeness (QED) is 0.277. The fourth-order valence-electron chi connectivity index (χ4n) is 11.4. The summed E-state index contributed by atoms with van der Waals surface area (Å²) in [6, 6.07) is 8.51. The molecule has 1 heterocycles. The molecule has 1 aromatic rings. The van der Waals surface area contributed by atoms with Gasteiger partial charge in [0.2, 0.25) is 0 Å². The highest BCUT2D eigenvalue weighted by Crippen LogP contribution is 2.70. The summed E-state index contributed by atoms with van der Waals surface area (Å²) in [6.45, 7) is 10.6. The predicted octanol–water partition coefficient (Wildman–Crippen LogP) is 8.99. The van der Waals surface area contributed by atoms with E-state index in [0.29, 0.717) is 41.5 Å². The molecule has 1 saturated heterocycles. The minimum atomic E-state index is 0.424. The zero-order valence-corrected chi connectivity index (χ0v) is 27.6. The molecule has 4 heteroatoms. The van der Waals surface area contributed by atoms with E-state index in [-0.39, 0.29) is 0 Å². The molecule has 224 valence electrons. The predicted molar refractivity (Wildman–Crippen MR) is 168 cm³/mol. The molecule has 0 bridgehead atoms. The highest BCUT2D eigenvalue weighted by molar-refractivity contribution is 9.10. The van der Waals surface area contributed by atoms with Crippen molar-refractivity contribution in [1.29, 1.82) is 0 Å². The lowest BCUT2D eigenvalue weighted by Gasteiger charge is -2.60. The van der Waals surface area contributed by atoms with Gasteiger partial charge in [-0.05, 0) is 142 Å². The minimum Gasteiger partial charge on any atom is -0.376 e. The summed E-state index contributed by atoms with van der Waals surface area (Å²) in [5.74, 6) is 5.86. The lowest BCUT2D eigenvalue weighted by atomic mass is 9.44. The van der Waals surface area contributed by atoms with Gasteiger partial charge >= 0.3 is 0 Å². The summed E-state index contributed by atoms with van der Waals surface area (Å²) in [7, 11) is 4.39. The van der Waals surface area contributed by atoms with Crippen LogP contribution in [0.25, 0.3) is 0 Å². The van der Waals surface area contributed by atoms with Crippen molar-refractivity contribution < 1.29 is 9.47 Å². The Morgan fingerprint density at radius 2 is 1.80 bits per heavy atom. The zero-order chi connectivity index (χ0) is 28.1. The molecular formula is C36H56BrNO2. The molecule has 6 rings (SSSR count). The second kappa shape index (κ2) is 11.9. The van der Waals surface area contributed by atoms with E-state index in [1.54, 1.807) is 0 Å². The van der Waals surface area contributed by atoms with E-state index in [1.807, 2.05) is 0 Å². The van der Waals surface area contributed by atoms with E-state index in [1.165, 1.54) is 76.2 Å². The molecule has 3 nitrogen and oxygen atoms in total. The Balaban J connectivity index is 1.06. The number of nitrogens with zero attached hydrogens (tertiary/aromatic N) is 1. The average Bonchev–Trinajstić information content (AvgIpc) is 3.40. The maximum atomic E-state index is 7.05. The molecule has 0 amide bonds. The lowest BCUT2D eigenvalue weighted by Crippen LogP contribution is -2.53. The molecular weight excluding hydrogens is 558 g/mol. The Morgan fingerprint density at radius 3 is 2.58 bits per heavy atom. The molecule has 1 aliphatic heterocycles. The van der Waals surface area contributed by atoms with Gasteiger partial charge < -0.3 is 14.4 Å². The highest BCUT2D eigenvalue weighted by Gasteiger charge is 2.65. The van der Waals surface area contributed by atoms with Crippen molar-refractivity contribution in [2.24, 2.45) is 52.3 Å². The number of fused-ring (bicyclic) bond motifs is 7. The topological polar surface area (TPSA) is 21.7 Å². The van der Waals surface area contributed by atoms with Crippen LogP contribution >= 0.6 is 15.9 Å². The van der Waals surface area contributed by atoms with E-state index >= 15 is 0 Å². The van der Waals surface area contributed by atoms with Crippen molar-refractivity contribution in [3.63, 3.8) is 0 Å². The molecule has 4 saturated carbocycles. The zero-order valence-electron chi connectivity index (χ0n) is 26.0. The van der Waals surface area contributed by atoms with Gasteiger partial charge in [0.1, 0.15) is 0 Å². The Bertz CT molecular complexity index is 997. The highest BCUT2D eigenvalue weighted by atomic mass is 79.9. The van der Waals surface area contributed by atoms with Crippen molar-refractivity contribution in [1.82, 2.24) is 4.90 Å². The third kappa shape index (κ3) is 5.50. The van der Waals surface area contributed by atoms with E-state index in [4.69, 9.17) is 9.47 Å². The maximum Gasteiger partial charge on any atom is 0.0717 e. The summed E-state index contributed by atoms with van der Waals surface area (Å²) < 4.78 is 14.4. The minimum absolute atomic E-state index is 0.424. The van der Waals surface area contributed by atoms with Crippen molar-refractivity contribution in [3.05, 3.63) is 34.3 Å². The van der Waals surface area contributed by atoms with E-state index in [9.17, 15) is 0 Å². The lowest BCUT2D eigenvalue weighted by molar-refractivity contribution is -0.115. The summed E-state index contributed by atoms with van der Waals surface area (Å²) in [6.07, 6.45) is 16.6. The summed E-state index contributed by atoms with van der Waals surface area (Å²) >= 11 is 3.53. The van der Waals surface area contributed by atoms with Gasteiger partial charge in [-0.3, -0.25) is 0 Å². The van der Waals surface area contributed by atoms with Crippen LogP contribution in [-0.2, 0) is 16.1 Å². The SMILES string of the molecule is C[C@@H]1C(CCC(COCc2ccc(Br)cc2)CN(C)C)O[C@H]2C[C@H]3[C@@H]4CCC5CCCC[C@]5(C)[C@H]4CC[C@]3(C)[C@H]21. The van der Waals surface area contributed by atoms with Gasteiger partial charge in [0.15, 0.2) is 0 Å². The monoisotopic (exact) mass is 613 g/mol. The van der Waals surface area contributed by atoms with Crippen LogP contribution in [0.15, 0.2) is 28.7 Å². The number of rotatable bonds is 9. The van der Waals surface area contributed by atoms with Gasteiger partial charge in [0, 0.05) is 11.0 Å². The summed E-state index contributed by atoms with van der Waals surface area (Å²) in [5.41, 5.74) is 2.38. The number of hydrogen-bond acceptors (Lipinski definition) is 3. The average molecular weight is 615 g/mol. The molecule has 1 aromatic carbocycles. The standard InChI is InChI=1S/C36H56BrNO2/c1-24-32(16-11-26(21-38(4)5)23-39-22-25-9-13-28(37)14-10-25)40-33-20-31-29-15-12-27-8-6-7-18-35(27,2)30(29)17-19-36(31,3)34(24)33/h9-10,13-14,24,26-27,29-34H,6-8,11-12,15-23H2,1-5H3/t24-,26?,27?,29-,30+,31+,32?,33+,34+,35+,36+/m1/s1. The van der Waals surface area contributed by atoms with Crippen LogP contribution in [0.2, 0.25) is 0 Å². The second-order valence-corrected chi connectivity index (χ2v) is 16.5. The number of hydrogen-bond donors (Lipinski definition) is 0. The normalized spacial score (nSPS) is 43.2. The van der Waals surface area contributed by atoms with Crippen molar-refractivity contribution in [3.8, 4) is 0 Å². The first kappa shape index (κ1) is 29.6. The fourth-order valence-corrected chi connectivity index (χ4v) is 11.6. The van der Waals surface area contributed by atoms with E-state index < -0.39 is 0 Å². The van der Waals surface area contributed by atoms with Crippen LogP contribution in [0.5, 0.6) is 0 Å². The van der Waals surface area contributed by atoms with E-state index in [2.05, 4.69) is 80.0 Å². The summed E-state index contributed by atoms with van der Waals surface area (Å²) in [5, 5.41) is 0. The molecule has 0 N–H and O–H groups in total. The van der Waals surface area contributed by atoms with Crippen LogP contribution in [0.4, 0.5) is 0 Å². The summed E-state index contributed by atoms with van der Waals surface area (Å²) in [4.78, 5) is 2.33. The second-order valence-electron chi connectivity index (χ2n) is 15.6. The smallest absolute Gasteiger partial charge is 0.0717 e. The van der Waals surface area contributed by atoms with Gasteiger partial charge in [0.05, 0.1) is 25.4 Å². The van der Waals surface area contributed by atoms with Crippen molar-refractivity contribution in [2.45, 2.75) is 110 Å². The van der Waals surface area contributed by atoms with Gasteiger partial charge in [-0.2, -0.15) is 0 Å². The van der Waals surface area contributed by atoms with Crippen molar-refractivity contribution in [2.75, 3.05) is 27.2 Å². The number of benzene rings is 1. The molecule has 0 radical (unpaired) electrons. The van der Waals surface area contributed by atoms with Gasteiger partial charge in [-0.1, -0.05) is 61.7 Å². The maximum absolute atomic E-state index is 7.05. The van der Waals surface area contributed by atoms with Gasteiger partial charge in [-0.25, -0.2) is 0 Å².